The number of amides is 1. The summed E-state index contributed by atoms with van der Waals surface area (Å²) in [6, 6.07) is 0. The van der Waals surface area contributed by atoms with Crippen LogP contribution in [0.3, 0.4) is 0 Å². The lowest BCUT2D eigenvalue weighted by molar-refractivity contribution is -0.131. The van der Waals surface area contributed by atoms with Crippen molar-refractivity contribution in [3.63, 3.8) is 0 Å². The van der Waals surface area contributed by atoms with Crippen LogP contribution in [0.15, 0.2) is 6.20 Å². The Morgan fingerprint density at radius 2 is 2.64 bits per heavy atom. The minimum atomic E-state index is 0.152. The maximum Gasteiger partial charge on any atom is 0.236 e. The predicted octanol–water partition coefficient (Wildman–Crippen LogP) is -0.486. The molecule has 5 heteroatoms. The fraction of sp³-hybridized carbons (Fsp3) is 0.556. The Balaban J connectivity index is 2.04. The molecule has 1 aliphatic rings. The Kier molecular flexibility index (Phi) is 2.49. The number of aromatic nitrogens is 2. The van der Waals surface area contributed by atoms with Crippen molar-refractivity contribution in [3.05, 3.63) is 17.5 Å². The van der Waals surface area contributed by atoms with E-state index in [-0.39, 0.29) is 5.91 Å². The highest BCUT2D eigenvalue weighted by molar-refractivity contribution is 5.78. The van der Waals surface area contributed by atoms with Gasteiger partial charge in [-0.25, -0.2) is 0 Å². The highest BCUT2D eigenvalue weighted by Gasteiger charge is 2.20. The van der Waals surface area contributed by atoms with Crippen LogP contribution in [0.5, 0.6) is 0 Å². The normalized spacial score (nSPS) is 15.4. The zero-order valence-corrected chi connectivity index (χ0v) is 8.21. The van der Waals surface area contributed by atoms with E-state index in [1.807, 2.05) is 4.90 Å². The molecule has 0 fully saturated rings. The van der Waals surface area contributed by atoms with Crippen molar-refractivity contribution in [2.24, 2.45) is 0 Å². The molecule has 0 bridgehead atoms. The van der Waals surface area contributed by atoms with Gasteiger partial charge >= 0.3 is 0 Å². The first kappa shape index (κ1) is 9.21. The second-order valence-corrected chi connectivity index (χ2v) is 3.47. The van der Waals surface area contributed by atoms with E-state index in [0.717, 1.165) is 18.5 Å². The number of nitrogens with zero attached hydrogens (tertiary/aromatic N) is 2. The molecule has 0 saturated heterocycles. The molecule has 1 aliphatic heterocycles. The Morgan fingerprint density at radius 1 is 1.79 bits per heavy atom. The van der Waals surface area contributed by atoms with Crippen LogP contribution in [0.1, 0.15) is 11.3 Å². The smallest absolute Gasteiger partial charge is 0.236 e. The summed E-state index contributed by atoms with van der Waals surface area (Å²) in [5.74, 6) is 0.152. The molecule has 0 spiro atoms. The van der Waals surface area contributed by atoms with E-state index < -0.39 is 0 Å². The molecule has 0 aromatic carbocycles. The van der Waals surface area contributed by atoms with Crippen LogP contribution < -0.4 is 5.32 Å². The van der Waals surface area contributed by atoms with Gasteiger partial charge in [0, 0.05) is 30.8 Å². The van der Waals surface area contributed by atoms with Crippen LogP contribution in [0.2, 0.25) is 0 Å². The summed E-state index contributed by atoms with van der Waals surface area (Å²) in [6.45, 7) is 1.88. The summed E-state index contributed by atoms with van der Waals surface area (Å²) in [6.07, 6.45) is 2.68. The molecular weight excluding hydrogens is 180 g/mol. The molecule has 0 unspecified atom stereocenters. The molecule has 2 rings (SSSR count). The van der Waals surface area contributed by atoms with E-state index in [9.17, 15) is 4.79 Å². The highest BCUT2D eigenvalue weighted by Crippen LogP contribution is 2.15. The zero-order valence-electron chi connectivity index (χ0n) is 8.21. The molecule has 1 amide bonds. The van der Waals surface area contributed by atoms with Gasteiger partial charge in [0.15, 0.2) is 0 Å². The average molecular weight is 194 g/mol. The first-order valence-corrected chi connectivity index (χ1v) is 4.74. The Bertz CT molecular complexity index is 333. The second-order valence-electron chi connectivity index (χ2n) is 3.47. The lowest BCUT2D eigenvalue weighted by atomic mass is 10.1. The quantitative estimate of drug-likeness (QED) is 0.668. The van der Waals surface area contributed by atoms with Crippen molar-refractivity contribution < 1.29 is 4.79 Å². The van der Waals surface area contributed by atoms with Crippen molar-refractivity contribution in [2.75, 3.05) is 20.1 Å². The number of carbonyl (C=O) groups is 1. The molecule has 0 radical (unpaired) electrons. The third-order valence-corrected chi connectivity index (χ3v) is 2.48. The monoisotopic (exact) mass is 194 g/mol. The molecule has 2 heterocycles. The van der Waals surface area contributed by atoms with E-state index in [4.69, 9.17) is 0 Å². The van der Waals surface area contributed by atoms with E-state index in [2.05, 4.69) is 15.5 Å². The first-order chi connectivity index (χ1) is 6.81. The molecule has 5 nitrogen and oxygen atoms in total. The fourth-order valence-electron chi connectivity index (χ4n) is 1.70. The van der Waals surface area contributed by atoms with Crippen LogP contribution in [0, 0.1) is 0 Å². The van der Waals surface area contributed by atoms with Gasteiger partial charge in [0.1, 0.15) is 0 Å². The van der Waals surface area contributed by atoms with Gasteiger partial charge in [0.25, 0.3) is 0 Å². The number of likely N-dealkylation sites (N-methyl/N-ethyl adjacent to an activating group) is 1. The van der Waals surface area contributed by atoms with E-state index in [0.29, 0.717) is 13.1 Å². The third-order valence-electron chi connectivity index (χ3n) is 2.48. The molecule has 2 N–H and O–H groups in total. The molecule has 0 atom stereocenters. The van der Waals surface area contributed by atoms with Gasteiger partial charge in [-0.05, 0) is 7.05 Å². The van der Waals surface area contributed by atoms with Crippen LogP contribution in [-0.4, -0.2) is 41.1 Å². The summed E-state index contributed by atoms with van der Waals surface area (Å²) < 4.78 is 0. The maximum atomic E-state index is 11.6. The largest absolute Gasteiger partial charge is 0.337 e. The average Bonchev–Trinajstić information content (AvgIpc) is 2.64. The van der Waals surface area contributed by atoms with Gasteiger partial charge in [0.2, 0.25) is 5.91 Å². The third kappa shape index (κ3) is 1.63. The Hall–Kier alpha value is -1.36. The SMILES string of the molecule is CNCC(=O)N1CCc2[nH]ncc2C1. The van der Waals surface area contributed by atoms with Crippen molar-refractivity contribution >= 4 is 5.91 Å². The molecule has 14 heavy (non-hydrogen) atoms. The van der Waals surface area contributed by atoms with Gasteiger partial charge in [-0.15, -0.1) is 0 Å². The van der Waals surface area contributed by atoms with Crippen molar-refractivity contribution in [3.8, 4) is 0 Å². The van der Waals surface area contributed by atoms with Crippen molar-refractivity contribution in [1.82, 2.24) is 20.4 Å². The summed E-state index contributed by atoms with van der Waals surface area (Å²) >= 11 is 0. The number of H-pyrrole nitrogens is 1. The van der Waals surface area contributed by atoms with Crippen molar-refractivity contribution in [1.29, 1.82) is 0 Å². The molecule has 0 saturated carbocycles. The Morgan fingerprint density at radius 3 is 3.43 bits per heavy atom. The van der Waals surface area contributed by atoms with Crippen LogP contribution in [0.4, 0.5) is 0 Å². The summed E-state index contributed by atoms with van der Waals surface area (Å²) in [7, 11) is 1.78. The molecule has 1 aromatic rings. The van der Waals surface area contributed by atoms with Gasteiger partial charge in [-0.2, -0.15) is 5.10 Å². The van der Waals surface area contributed by atoms with Gasteiger partial charge < -0.3 is 10.2 Å². The number of hydrogen-bond donors (Lipinski definition) is 2. The van der Waals surface area contributed by atoms with Crippen molar-refractivity contribution in [2.45, 2.75) is 13.0 Å². The molecule has 0 aliphatic carbocycles. The van der Waals surface area contributed by atoms with Crippen LogP contribution >= 0.6 is 0 Å². The number of fused-ring (bicyclic) bond motifs is 1. The van der Waals surface area contributed by atoms with E-state index >= 15 is 0 Å². The molecule has 76 valence electrons. The second kappa shape index (κ2) is 3.79. The number of aromatic amines is 1. The number of carbonyl (C=O) groups excluding carboxylic acids is 1. The number of nitrogens with one attached hydrogen (secondary N) is 2. The first-order valence-electron chi connectivity index (χ1n) is 4.74. The van der Waals surface area contributed by atoms with Gasteiger partial charge in [0.05, 0.1) is 12.7 Å². The summed E-state index contributed by atoms with van der Waals surface area (Å²) in [5, 5.41) is 9.78. The highest BCUT2D eigenvalue weighted by atomic mass is 16.2. The lowest BCUT2D eigenvalue weighted by Crippen LogP contribution is -2.40. The van der Waals surface area contributed by atoms with Crippen LogP contribution in [0.25, 0.3) is 0 Å². The standard InChI is InChI=1S/C9H14N4O/c1-10-5-9(14)13-3-2-8-7(6-13)4-11-12-8/h4,10H,2-3,5-6H2,1H3,(H,11,12). The van der Waals surface area contributed by atoms with E-state index in [1.165, 1.54) is 5.69 Å². The number of rotatable bonds is 2. The number of hydrogen-bond acceptors (Lipinski definition) is 3. The Labute approximate surface area is 82.5 Å². The maximum absolute atomic E-state index is 11.6. The minimum Gasteiger partial charge on any atom is -0.337 e. The zero-order chi connectivity index (χ0) is 9.97. The lowest BCUT2D eigenvalue weighted by Gasteiger charge is -2.26. The molecular formula is C9H14N4O. The topological polar surface area (TPSA) is 61.0 Å². The van der Waals surface area contributed by atoms with Gasteiger partial charge in [-0.1, -0.05) is 0 Å². The van der Waals surface area contributed by atoms with E-state index in [1.54, 1.807) is 13.2 Å². The predicted molar refractivity (Wildman–Crippen MR) is 51.6 cm³/mol. The minimum absolute atomic E-state index is 0.152. The summed E-state index contributed by atoms with van der Waals surface area (Å²) in [4.78, 5) is 13.4. The van der Waals surface area contributed by atoms with Crippen LogP contribution in [-0.2, 0) is 17.8 Å². The van der Waals surface area contributed by atoms with Gasteiger partial charge in [-0.3, -0.25) is 9.89 Å². The summed E-state index contributed by atoms with van der Waals surface area (Å²) in [5.41, 5.74) is 2.30. The fourth-order valence-corrected chi connectivity index (χ4v) is 1.70. The molecule has 1 aromatic heterocycles.